The van der Waals surface area contributed by atoms with Crippen LogP contribution in [-0.4, -0.2) is 28.2 Å². The molecule has 0 aliphatic heterocycles. The molecule has 2 aromatic carbocycles. The average molecular weight is 579 g/mol. The highest BCUT2D eigenvalue weighted by molar-refractivity contribution is 7.82. The van der Waals surface area contributed by atoms with Crippen molar-refractivity contribution in [3.63, 3.8) is 0 Å². The van der Waals surface area contributed by atoms with E-state index in [0.717, 1.165) is 16.8 Å². The maximum atomic E-state index is 13.0. The second-order valence-electron chi connectivity index (χ2n) is 9.88. The molecule has 10 nitrogen and oxygen atoms in total. The summed E-state index contributed by atoms with van der Waals surface area (Å²) in [5.74, 6) is 1.36. The number of hydrogen-bond acceptors (Lipinski definition) is 6. The summed E-state index contributed by atoms with van der Waals surface area (Å²) in [6.07, 6.45) is 0.563. The van der Waals surface area contributed by atoms with E-state index in [1.165, 1.54) is 0 Å². The van der Waals surface area contributed by atoms with Crippen molar-refractivity contribution in [3.05, 3.63) is 70.1 Å². The molecule has 204 valence electrons. The quantitative estimate of drug-likeness (QED) is 0.232. The van der Waals surface area contributed by atoms with Crippen molar-refractivity contribution in [1.29, 1.82) is 0 Å². The molecule has 4 rings (SSSR count). The third kappa shape index (κ3) is 6.37. The first kappa shape index (κ1) is 28.1. The molecule has 2 aromatic heterocycles. The number of hydrogen-bond donors (Lipinski definition) is 3. The number of fused-ring (bicyclic) bond motifs is 1. The lowest BCUT2D eigenvalue weighted by Crippen LogP contribution is -2.28. The van der Waals surface area contributed by atoms with Crippen molar-refractivity contribution in [2.24, 2.45) is 0 Å². The van der Waals surface area contributed by atoms with E-state index in [2.05, 4.69) is 24.7 Å². The van der Waals surface area contributed by atoms with E-state index < -0.39 is 28.6 Å². The number of aryl methyl sites for hydroxylation is 2. The Hall–Kier alpha value is -2.93. The third-order valence-corrected chi connectivity index (χ3v) is 7.70. The lowest BCUT2D eigenvalue weighted by molar-refractivity contribution is 0.504. The van der Waals surface area contributed by atoms with Gasteiger partial charge in [0.2, 0.25) is 0 Å². The number of aromatic amines is 1. The summed E-state index contributed by atoms with van der Waals surface area (Å²) in [5, 5.41) is 12.3. The van der Waals surface area contributed by atoms with Gasteiger partial charge in [0.1, 0.15) is 16.5 Å². The second kappa shape index (κ2) is 11.4. The Bertz CT molecular complexity index is 1480. The number of nitrogens with zero attached hydrogens (tertiary/aromatic N) is 3. The number of rotatable bonds is 10. The van der Waals surface area contributed by atoms with E-state index in [1.54, 1.807) is 34.8 Å². The predicted molar refractivity (Wildman–Crippen MR) is 151 cm³/mol. The molecule has 13 heteroatoms. The van der Waals surface area contributed by atoms with E-state index in [0.29, 0.717) is 40.1 Å². The van der Waals surface area contributed by atoms with Crippen molar-refractivity contribution in [2.45, 2.75) is 59.4 Å². The number of halogens is 1. The predicted octanol–water partition coefficient (Wildman–Crippen LogP) is 5.39. The van der Waals surface area contributed by atoms with Gasteiger partial charge in [-0.25, -0.2) is 4.52 Å². The molecule has 3 N–H and O–H groups in total. The van der Waals surface area contributed by atoms with Crippen LogP contribution in [0.5, 0.6) is 11.5 Å². The average Bonchev–Trinajstić information content (AvgIpc) is 3.41. The van der Waals surface area contributed by atoms with Gasteiger partial charge in [0.25, 0.3) is 11.3 Å². The Morgan fingerprint density at radius 3 is 2.42 bits per heavy atom. The van der Waals surface area contributed by atoms with E-state index in [4.69, 9.17) is 20.0 Å². The zero-order valence-electron chi connectivity index (χ0n) is 22.0. The van der Waals surface area contributed by atoms with Crippen LogP contribution in [0.1, 0.15) is 62.8 Å². The highest BCUT2D eigenvalue weighted by Gasteiger charge is 2.27. The summed E-state index contributed by atoms with van der Waals surface area (Å²) < 4.78 is 44.0. The van der Waals surface area contributed by atoms with Gasteiger partial charge in [0.05, 0.1) is 17.4 Å². The first-order valence-electron chi connectivity index (χ1n) is 12.0. The largest absolute Gasteiger partial charge is 0.389 e. The van der Waals surface area contributed by atoms with Gasteiger partial charge < -0.3 is 8.37 Å². The molecule has 0 spiro atoms. The van der Waals surface area contributed by atoms with E-state index in [9.17, 15) is 8.42 Å². The molecular weight excluding hydrogens is 548 g/mol. The Balaban J connectivity index is 1.45. The van der Waals surface area contributed by atoms with Crippen molar-refractivity contribution < 1.29 is 16.8 Å². The summed E-state index contributed by atoms with van der Waals surface area (Å²) in [6, 6.07) is 11.9. The molecule has 0 amide bonds. The van der Waals surface area contributed by atoms with Gasteiger partial charge in [-0.15, -0.1) is 10.2 Å². The molecule has 3 atom stereocenters. The minimum Gasteiger partial charge on any atom is -0.389 e. The van der Waals surface area contributed by atoms with E-state index in [-0.39, 0.29) is 5.41 Å². The van der Waals surface area contributed by atoms with Crippen LogP contribution in [0.25, 0.3) is 5.65 Å². The molecule has 38 heavy (non-hydrogen) atoms. The Morgan fingerprint density at radius 1 is 1.05 bits per heavy atom. The summed E-state index contributed by atoms with van der Waals surface area (Å²) in [7, 11) is 0. The molecule has 0 radical (unpaired) electrons. The van der Waals surface area contributed by atoms with Crippen LogP contribution in [0, 0.1) is 13.8 Å². The number of anilines is 1. The Kier molecular flexibility index (Phi) is 8.46. The van der Waals surface area contributed by atoms with E-state index >= 15 is 0 Å². The first-order valence-corrected chi connectivity index (χ1v) is 14.5. The fourth-order valence-electron chi connectivity index (χ4n) is 3.64. The monoisotopic (exact) mass is 578 g/mol. The maximum absolute atomic E-state index is 13.0. The highest BCUT2D eigenvalue weighted by atomic mass is 35.5. The molecule has 0 saturated heterocycles. The zero-order chi connectivity index (χ0) is 27.6. The van der Waals surface area contributed by atoms with Crippen LogP contribution in [-0.2, 0) is 27.9 Å². The number of aromatic nitrogens is 4. The number of H-pyrrole nitrogens is 1. The molecule has 4 aromatic rings. The number of nitrogens with one attached hydrogen (secondary N) is 3. The van der Waals surface area contributed by atoms with Crippen molar-refractivity contribution in [2.75, 3.05) is 4.72 Å². The Labute approximate surface area is 232 Å². The smallest absolute Gasteiger partial charge is 0.316 e. The fourth-order valence-corrected chi connectivity index (χ4v) is 5.63. The van der Waals surface area contributed by atoms with Crippen LogP contribution in [0.15, 0.2) is 42.5 Å². The lowest BCUT2D eigenvalue weighted by atomic mass is 9.92. The summed E-state index contributed by atoms with van der Waals surface area (Å²) in [4.78, 5) is 0. The van der Waals surface area contributed by atoms with Gasteiger partial charge in [-0.2, -0.15) is 13.1 Å². The van der Waals surface area contributed by atoms with Crippen molar-refractivity contribution in [3.8, 4) is 11.5 Å². The normalized spacial score (nSPS) is 14.3. The van der Waals surface area contributed by atoms with Crippen LogP contribution < -0.4 is 17.8 Å². The minimum atomic E-state index is -1.92. The molecule has 0 bridgehead atoms. The van der Waals surface area contributed by atoms with Gasteiger partial charge in [0.15, 0.2) is 11.5 Å². The molecule has 0 fully saturated rings. The van der Waals surface area contributed by atoms with Gasteiger partial charge in [0, 0.05) is 11.5 Å². The van der Waals surface area contributed by atoms with Gasteiger partial charge in [-0.3, -0.25) is 9.82 Å². The summed E-state index contributed by atoms with van der Waals surface area (Å²) in [5.41, 5.74) is 3.43. The van der Waals surface area contributed by atoms with Gasteiger partial charge in [-0.05, 0) is 44.0 Å². The highest BCUT2D eigenvalue weighted by Crippen LogP contribution is 2.32. The van der Waals surface area contributed by atoms with Crippen LogP contribution in [0.2, 0.25) is 5.02 Å². The van der Waals surface area contributed by atoms with Crippen LogP contribution in [0.3, 0.4) is 0 Å². The van der Waals surface area contributed by atoms with Crippen molar-refractivity contribution in [1.82, 2.24) is 24.5 Å². The molecule has 0 aliphatic carbocycles. The first-order chi connectivity index (χ1) is 18.0. The molecule has 0 aliphatic rings. The van der Waals surface area contributed by atoms with E-state index in [1.807, 2.05) is 53.7 Å². The topological polar surface area (TPSA) is 123 Å². The molecule has 0 saturated carbocycles. The fraction of sp³-hybridized carbons (Fsp3) is 0.360. The van der Waals surface area contributed by atoms with Crippen LogP contribution >= 0.6 is 11.6 Å². The molecular formula is C25H31ClN6O4S2. The zero-order valence-corrected chi connectivity index (χ0v) is 24.4. The van der Waals surface area contributed by atoms with Crippen molar-refractivity contribution >= 4 is 45.5 Å². The third-order valence-electron chi connectivity index (χ3n) is 5.78. The van der Waals surface area contributed by atoms with Gasteiger partial charge >= 0.3 is 11.3 Å². The summed E-state index contributed by atoms with van der Waals surface area (Å²) in [6.45, 7) is 11.9. The lowest BCUT2D eigenvalue weighted by Gasteiger charge is -2.17. The number of benzene rings is 2. The standard InChI is InChI=1S/C25H31ClN6O4S2/c1-7-19(23-27-28-24-21(26)22(25(4,5)6)29-32(23)24)31-38(34)36-20-14-17(11-10-16(20)3)30-37(33)35-18-12-8-15(2)9-13-18/h8-14,19,29-31H,7H2,1-6H3. The molecule has 2 heterocycles. The molecule has 3 unspecified atom stereocenters. The van der Waals surface area contributed by atoms with Gasteiger partial charge in [-0.1, -0.05) is 63.1 Å². The summed E-state index contributed by atoms with van der Waals surface area (Å²) >= 11 is 2.78. The SMILES string of the molecule is CCC(NS(=O)Oc1cc(NS(=O)Oc2ccc(C)cc2)ccc1C)c1nnc2c(Cl)c(C(C)(C)C)[nH]n12. The Morgan fingerprint density at radius 2 is 1.76 bits per heavy atom. The minimum absolute atomic E-state index is 0.221. The maximum Gasteiger partial charge on any atom is 0.316 e. The second-order valence-corrected chi connectivity index (χ2v) is 12.0. The van der Waals surface area contributed by atoms with Crippen LogP contribution in [0.4, 0.5) is 5.69 Å².